The summed E-state index contributed by atoms with van der Waals surface area (Å²) < 4.78 is 1.60. The van der Waals surface area contributed by atoms with Crippen LogP contribution in [-0.2, 0) is 0 Å². The van der Waals surface area contributed by atoms with E-state index in [1.807, 2.05) is 0 Å². The van der Waals surface area contributed by atoms with Gasteiger partial charge in [0.15, 0.2) is 0 Å². The molecule has 0 spiro atoms. The van der Waals surface area contributed by atoms with Crippen LogP contribution in [0, 0.1) is 0 Å². The van der Waals surface area contributed by atoms with Gasteiger partial charge in [-0.05, 0) is 0 Å². The Morgan fingerprint density at radius 1 is 1.00 bits per heavy atom. The number of benzene rings is 2. The minimum atomic E-state index is 0.0976. The fourth-order valence-corrected chi connectivity index (χ4v) is 3.70. The summed E-state index contributed by atoms with van der Waals surface area (Å²) in [5, 5.41) is 4.19. The summed E-state index contributed by atoms with van der Waals surface area (Å²) in [6, 6.07) is 15.3. The van der Waals surface area contributed by atoms with Gasteiger partial charge < -0.3 is 0 Å². The van der Waals surface area contributed by atoms with Crippen LogP contribution in [0.5, 0.6) is 0 Å². The molecule has 1 atom stereocenters. The SMILES string of the molecule is CC[AsH]c1cccc2ccccc12. The van der Waals surface area contributed by atoms with Crippen molar-refractivity contribution in [3.63, 3.8) is 0 Å². The van der Waals surface area contributed by atoms with Crippen molar-refractivity contribution in [1.82, 2.24) is 0 Å². The van der Waals surface area contributed by atoms with Gasteiger partial charge in [0.1, 0.15) is 0 Å². The Kier molecular flexibility index (Phi) is 2.70. The molecule has 0 N–H and O–H groups in total. The predicted octanol–water partition coefficient (Wildman–Crippen LogP) is 2.34. The van der Waals surface area contributed by atoms with E-state index in [0.717, 1.165) is 0 Å². The first-order valence-electron chi connectivity index (χ1n) is 4.63. The second kappa shape index (κ2) is 3.98. The molecule has 1 unspecified atom stereocenters. The Morgan fingerprint density at radius 3 is 2.62 bits per heavy atom. The zero-order chi connectivity index (χ0) is 9.10. The zero-order valence-electron chi connectivity index (χ0n) is 7.75. The van der Waals surface area contributed by atoms with Crippen molar-refractivity contribution in [2.24, 2.45) is 0 Å². The van der Waals surface area contributed by atoms with E-state index in [0.29, 0.717) is 0 Å². The van der Waals surface area contributed by atoms with Crippen LogP contribution in [-0.4, -0.2) is 15.8 Å². The van der Waals surface area contributed by atoms with Crippen LogP contribution in [0.2, 0.25) is 5.21 Å². The monoisotopic (exact) mass is 232 g/mol. The van der Waals surface area contributed by atoms with Crippen LogP contribution in [0.3, 0.4) is 0 Å². The van der Waals surface area contributed by atoms with Crippen LogP contribution >= 0.6 is 0 Å². The van der Waals surface area contributed by atoms with Crippen LogP contribution in [0.25, 0.3) is 10.8 Å². The first kappa shape index (κ1) is 8.84. The van der Waals surface area contributed by atoms with Gasteiger partial charge in [0, 0.05) is 0 Å². The molecule has 0 amide bonds. The minimum absolute atomic E-state index is 0.0976. The first-order valence-corrected chi connectivity index (χ1v) is 7.16. The van der Waals surface area contributed by atoms with E-state index in [1.54, 1.807) is 4.35 Å². The van der Waals surface area contributed by atoms with Crippen molar-refractivity contribution in [3.8, 4) is 0 Å². The molecule has 0 aliphatic heterocycles. The van der Waals surface area contributed by atoms with Gasteiger partial charge in [0.25, 0.3) is 0 Å². The molecule has 0 fully saturated rings. The quantitative estimate of drug-likeness (QED) is 0.697. The van der Waals surface area contributed by atoms with E-state index < -0.39 is 0 Å². The van der Waals surface area contributed by atoms with Gasteiger partial charge in [0.05, 0.1) is 0 Å². The Bertz CT molecular complexity index is 401. The van der Waals surface area contributed by atoms with Crippen LogP contribution in [0.4, 0.5) is 0 Å². The normalized spacial score (nSPS) is 11.5. The van der Waals surface area contributed by atoms with Crippen molar-refractivity contribution in [2.75, 3.05) is 0 Å². The average Bonchev–Trinajstić information content (AvgIpc) is 2.19. The fraction of sp³-hybridized carbons (Fsp3) is 0.167. The molecule has 0 aliphatic carbocycles. The summed E-state index contributed by atoms with van der Waals surface area (Å²) >= 11 is 0.0976. The zero-order valence-corrected chi connectivity index (χ0v) is 9.85. The van der Waals surface area contributed by atoms with Crippen molar-refractivity contribution in [3.05, 3.63) is 42.5 Å². The summed E-state index contributed by atoms with van der Waals surface area (Å²) in [6.45, 7) is 2.28. The molecule has 0 saturated heterocycles. The van der Waals surface area contributed by atoms with Gasteiger partial charge in [-0.2, -0.15) is 0 Å². The molecule has 0 saturated carbocycles. The Morgan fingerprint density at radius 2 is 1.77 bits per heavy atom. The van der Waals surface area contributed by atoms with Gasteiger partial charge >= 0.3 is 85.5 Å². The molecule has 66 valence electrons. The van der Waals surface area contributed by atoms with E-state index in [2.05, 4.69) is 49.4 Å². The van der Waals surface area contributed by atoms with Crippen molar-refractivity contribution in [2.45, 2.75) is 12.1 Å². The molecule has 0 nitrogen and oxygen atoms in total. The van der Waals surface area contributed by atoms with Crippen molar-refractivity contribution < 1.29 is 0 Å². The molecule has 0 heterocycles. The van der Waals surface area contributed by atoms with E-state index in [4.69, 9.17) is 0 Å². The molecule has 0 aromatic heterocycles. The Labute approximate surface area is 85.7 Å². The number of rotatable bonds is 2. The summed E-state index contributed by atoms with van der Waals surface area (Å²) in [7, 11) is 0. The third-order valence-corrected chi connectivity index (χ3v) is 4.61. The van der Waals surface area contributed by atoms with Crippen LogP contribution < -0.4 is 4.35 Å². The molecule has 13 heavy (non-hydrogen) atoms. The van der Waals surface area contributed by atoms with E-state index >= 15 is 0 Å². The molecule has 0 bridgehead atoms. The van der Waals surface area contributed by atoms with E-state index in [9.17, 15) is 0 Å². The number of hydrogen-bond acceptors (Lipinski definition) is 0. The standard InChI is InChI=1S/C12H13As/c1-2-13-12-9-5-7-10-6-3-4-8-11(10)12/h3-9,13H,2H2,1H3. The molecule has 2 aromatic carbocycles. The molecular formula is C12H13As. The third-order valence-electron chi connectivity index (χ3n) is 2.16. The molecule has 2 rings (SSSR count). The van der Waals surface area contributed by atoms with Crippen molar-refractivity contribution in [1.29, 1.82) is 0 Å². The van der Waals surface area contributed by atoms with Gasteiger partial charge in [-0.3, -0.25) is 0 Å². The van der Waals surface area contributed by atoms with Crippen LogP contribution in [0.15, 0.2) is 42.5 Å². The Balaban J connectivity index is 2.61. The van der Waals surface area contributed by atoms with Gasteiger partial charge in [-0.1, -0.05) is 0 Å². The second-order valence-electron chi connectivity index (χ2n) is 3.06. The second-order valence-corrected chi connectivity index (χ2v) is 6.41. The molecule has 2 aromatic rings. The van der Waals surface area contributed by atoms with Crippen LogP contribution in [0.1, 0.15) is 6.92 Å². The number of fused-ring (bicyclic) bond motifs is 1. The summed E-state index contributed by atoms with van der Waals surface area (Å²) in [5.74, 6) is 0. The maximum absolute atomic E-state index is 2.28. The first-order chi connectivity index (χ1) is 6.42. The van der Waals surface area contributed by atoms with Crippen molar-refractivity contribution >= 4 is 30.9 Å². The van der Waals surface area contributed by atoms with Gasteiger partial charge in [0.2, 0.25) is 0 Å². The maximum atomic E-state index is 2.28. The van der Waals surface area contributed by atoms with E-state index in [-0.39, 0.29) is 15.8 Å². The molecule has 0 radical (unpaired) electrons. The average molecular weight is 232 g/mol. The molecule has 0 aliphatic rings. The Hall–Kier alpha value is -0.742. The topological polar surface area (TPSA) is 0 Å². The summed E-state index contributed by atoms with van der Waals surface area (Å²) in [4.78, 5) is 0. The third kappa shape index (κ3) is 1.78. The summed E-state index contributed by atoms with van der Waals surface area (Å²) in [5.41, 5.74) is 0. The van der Waals surface area contributed by atoms with Gasteiger partial charge in [-0.25, -0.2) is 0 Å². The molecule has 1 heteroatoms. The summed E-state index contributed by atoms with van der Waals surface area (Å²) in [6.07, 6.45) is 0. The van der Waals surface area contributed by atoms with E-state index in [1.165, 1.54) is 16.0 Å². The molecular weight excluding hydrogens is 219 g/mol. The predicted molar refractivity (Wildman–Crippen MR) is 61.2 cm³/mol. The van der Waals surface area contributed by atoms with Gasteiger partial charge in [-0.15, -0.1) is 0 Å². The number of hydrogen-bond donors (Lipinski definition) is 0. The fourth-order valence-electron chi connectivity index (χ4n) is 1.57.